The summed E-state index contributed by atoms with van der Waals surface area (Å²) < 4.78 is 57.8. The molecule has 29 heavy (non-hydrogen) atoms. The van der Waals surface area contributed by atoms with E-state index in [1.807, 2.05) is 6.92 Å². The monoisotopic (exact) mass is 406 g/mol. The predicted octanol–water partition coefficient (Wildman–Crippen LogP) is 4.41. The molecule has 0 spiro atoms. The van der Waals surface area contributed by atoms with Crippen LogP contribution >= 0.6 is 0 Å². The number of hydrogen-bond acceptors (Lipinski definition) is 3. The van der Waals surface area contributed by atoms with Crippen molar-refractivity contribution in [2.75, 3.05) is 6.61 Å². The molecule has 1 aliphatic carbocycles. The molecule has 2 unspecified atom stereocenters. The van der Waals surface area contributed by atoms with Gasteiger partial charge >= 0.3 is 6.18 Å². The van der Waals surface area contributed by atoms with Crippen LogP contribution in [0.3, 0.4) is 0 Å². The summed E-state index contributed by atoms with van der Waals surface area (Å²) in [5.41, 5.74) is -3.26. The first kappa shape index (κ1) is 19.6. The van der Waals surface area contributed by atoms with Gasteiger partial charge in [0, 0.05) is 22.9 Å². The summed E-state index contributed by atoms with van der Waals surface area (Å²) in [5, 5.41) is 24.4. The molecule has 0 saturated heterocycles. The fourth-order valence-electron chi connectivity index (χ4n) is 3.95. The summed E-state index contributed by atoms with van der Waals surface area (Å²) in [6.07, 6.45) is -1.46. The van der Waals surface area contributed by atoms with Crippen LogP contribution in [0.15, 0.2) is 48.8 Å². The number of aromatic nitrogens is 2. The van der Waals surface area contributed by atoms with Crippen LogP contribution in [0, 0.1) is 5.82 Å². The second-order valence-corrected chi connectivity index (χ2v) is 7.08. The summed E-state index contributed by atoms with van der Waals surface area (Å²) in [6, 6.07) is 7.23. The molecule has 1 aromatic heterocycles. The van der Waals surface area contributed by atoms with E-state index in [-0.39, 0.29) is 34.9 Å². The number of alkyl halides is 3. The quantitative estimate of drug-likeness (QED) is 0.631. The van der Waals surface area contributed by atoms with Crippen LogP contribution in [0.2, 0.25) is 0 Å². The molecule has 4 rings (SSSR count). The van der Waals surface area contributed by atoms with Crippen molar-refractivity contribution in [3.05, 3.63) is 65.7 Å². The number of aliphatic hydroxyl groups is 2. The molecule has 0 amide bonds. The Kier molecular flexibility index (Phi) is 4.51. The van der Waals surface area contributed by atoms with E-state index in [2.05, 4.69) is 5.10 Å². The van der Waals surface area contributed by atoms with E-state index in [4.69, 9.17) is 0 Å². The third kappa shape index (κ3) is 2.78. The van der Waals surface area contributed by atoms with Crippen molar-refractivity contribution in [1.82, 2.24) is 9.78 Å². The Morgan fingerprint density at radius 2 is 1.86 bits per heavy atom. The Morgan fingerprint density at radius 1 is 1.14 bits per heavy atom. The Labute approximate surface area is 164 Å². The van der Waals surface area contributed by atoms with Crippen molar-refractivity contribution in [3.63, 3.8) is 0 Å². The first-order valence-corrected chi connectivity index (χ1v) is 9.10. The standard InChI is InChI=1S/C21H18F4N2O2/c1-2-14(11-28)27-10-12(9-26-27)16-7-13(22)8-18-19(16)15-5-3-4-6-17(15)20(18,29)21(23,24)25/h3-10,14,28-29H,2,11H2,1H3. The number of fused-ring (bicyclic) bond motifs is 3. The van der Waals surface area contributed by atoms with Crippen molar-refractivity contribution < 1.29 is 27.8 Å². The van der Waals surface area contributed by atoms with Crippen LogP contribution in [0.25, 0.3) is 22.3 Å². The van der Waals surface area contributed by atoms with Crippen LogP contribution < -0.4 is 0 Å². The normalized spacial score (nSPS) is 19.1. The molecule has 0 bridgehead atoms. The molecule has 0 fully saturated rings. The summed E-state index contributed by atoms with van der Waals surface area (Å²) in [6.45, 7) is 1.71. The lowest BCUT2D eigenvalue weighted by Gasteiger charge is -2.28. The molecule has 1 aliphatic rings. The molecule has 0 aliphatic heterocycles. The van der Waals surface area contributed by atoms with Gasteiger partial charge in [0.25, 0.3) is 0 Å². The SMILES string of the molecule is CCC(CO)n1cc(-c2cc(F)cc3c2-c2ccccc2C3(O)C(F)(F)F)cn1. The Balaban J connectivity index is 2.00. The number of hydrogen-bond donors (Lipinski definition) is 2. The minimum absolute atomic E-state index is 0.124. The van der Waals surface area contributed by atoms with Crippen molar-refractivity contribution >= 4 is 0 Å². The highest BCUT2D eigenvalue weighted by Gasteiger charge is 2.61. The maximum Gasteiger partial charge on any atom is 0.425 e. The largest absolute Gasteiger partial charge is 0.425 e. The molecular formula is C21H18F4N2O2. The molecule has 0 saturated carbocycles. The van der Waals surface area contributed by atoms with Crippen LogP contribution in [-0.2, 0) is 5.60 Å². The third-order valence-corrected chi connectivity index (χ3v) is 5.46. The van der Waals surface area contributed by atoms with Gasteiger partial charge in [0.15, 0.2) is 0 Å². The number of aliphatic hydroxyl groups excluding tert-OH is 1. The van der Waals surface area contributed by atoms with Gasteiger partial charge in [0.1, 0.15) is 5.82 Å². The lowest BCUT2D eigenvalue weighted by molar-refractivity contribution is -0.246. The number of benzene rings is 2. The minimum Gasteiger partial charge on any atom is -0.394 e. The van der Waals surface area contributed by atoms with Crippen LogP contribution in [0.1, 0.15) is 30.5 Å². The van der Waals surface area contributed by atoms with Gasteiger partial charge in [-0.25, -0.2) is 4.39 Å². The molecule has 2 N–H and O–H groups in total. The molecular weight excluding hydrogens is 388 g/mol. The first-order valence-electron chi connectivity index (χ1n) is 9.10. The van der Waals surface area contributed by atoms with E-state index in [9.17, 15) is 27.8 Å². The summed E-state index contributed by atoms with van der Waals surface area (Å²) in [4.78, 5) is 0. The van der Waals surface area contributed by atoms with Gasteiger partial charge < -0.3 is 10.2 Å². The smallest absolute Gasteiger partial charge is 0.394 e. The molecule has 152 valence electrons. The van der Waals surface area contributed by atoms with Gasteiger partial charge in [-0.1, -0.05) is 31.2 Å². The molecule has 2 aromatic carbocycles. The second kappa shape index (κ2) is 6.67. The van der Waals surface area contributed by atoms with Crippen molar-refractivity contribution in [3.8, 4) is 22.3 Å². The van der Waals surface area contributed by atoms with Gasteiger partial charge in [0.05, 0.1) is 18.8 Å². The van der Waals surface area contributed by atoms with Gasteiger partial charge in [-0.15, -0.1) is 0 Å². The zero-order valence-corrected chi connectivity index (χ0v) is 15.4. The van der Waals surface area contributed by atoms with E-state index in [1.54, 1.807) is 12.3 Å². The van der Waals surface area contributed by atoms with Gasteiger partial charge in [-0.05, 0) is 35.2 Å². The number of rotatable bonds is 4. The van der Waals surface area contributed by atoms with Crippen LogP contribution in [-0.4, -0.2) is 32.8 Å². The van der Waals surface area contributed by atoms with E-state index in [1.165, 1.54) is 29.1 Å². The highest BCUT2D eigenvalue weighted by Crippen LogP contribution is 2.57. The number of halogens is 4. The van der Waals surface area contributed by atoms with E-state index in [0.29, 0.717) is 12.0 Å². The average molecular weight is 406 g/mol. The number of nitrogens with zero attached hydrogens (tertiary/aromatic N) is 2. The molecule has 4 nitrogen and oxygen atoms in total. The van der Waals surface area contributed by atoms with Crippen LogP contribution in [0.5, 0.6) is 0 Å². The van der Waals surface area contributed by atoms with Gasteiger partial charge in [-0.3, -0.25) is 4.68 Å². The predicted molar refractivity (Wildman–Crippen MR) is 98.5 cm³/mol. The molecule has 0 radical (unpaired) electrons. The van der Waals surface area contributed by atoms with Gasteiger partial charge in [0.2, 0.25) is 5.60 Å². The van der Waals surface area contributed by atoms with Crippen molar-refractivity contribution in [2.24, 2.45) is 0 Å². The Hall–Kier alpha value is -2.71. The molecule has 8 heteroatoms. The van der Waals surface area contributed by atoms with E-state index < -0.39 is 23.2 Å². The summed E-state index contributed by atoms with van der Waals surface area (Å²) in [5.74, 6) is -0.892. The average Bonchev–Trinajstić information content (AvgIpc) is 3.25. The highest BCUT2D eigenvalue weighted by atomic mass is 19.4. The maximum absolute atomic E-state index is 14.4. The molecule has 1 heterocycles. The van der Waals surface area contributed by atoms with Crippen molar-refractivity contribution in [1.29, 1.82) is 0 Å². The van der Waals surface area contributed by atoms with Crippen molar-refractivity contribution in [2.45, 2.75) is 31.2 Å². The lowest BCUT2D eigenvalue weighted by Crippen LogP contribution is -2.41. The molecule has 3 aromatic rings. The van der Waals surface area contributed by atoms with E-state index >= 15 is 0 Å². The highest BCUT2D eigenvalue weighted by molar-refractivity contribution is 5.92. The zero-order valence-electron chi connectivity index (χ0n) is 15.4. The fraction of sp³-hybridized carbons (Fsp3) is 0.286. The topological polar surface area (TPSA) is 58.3 Å². The first-order chi connectivity index (χ1) is 13.7. The molecule has 2 atom stereocenters. The zero-order chi connectivity index (χ0) is 21.0. The summed E-state index contributed by atoms with van der Waals surface area (Å²) in [7, 11) is 0. The Morgan fingerprint density at radius 3 is 2.52 bits per heavy atom. The third-order valence-electron chi connectivity index (χ3n) is 5.46. The van der Waals surface area contributed by atoms with E-state index in [0.717, 1.165) is 12.1 Å². The Bertz CT molecular complexity index is 1070. The van der Waals surface area contributed by atoms with Gasteiger partial charge in [-0.2, -0.15) is 18.3 Å². The minimum atomic E-state index is -5.03. The second-order valence-electron chi connectivity index (χ2n) is 7.08. The maximum atomic E-state index is 14.4. The lowest BCUT2D eigenvalue weighted by atomic mass is 9.89. The fourth-order valence-corrected chi connectivity index (χ4v) is 3.95. The van der Waals surface area contributed by atoms with Crippen LogP contribution in [0.4, 0.5) is 17.6 Å². The summed E-state index contributed by atoms with van der Waals surface area (Å²) >= 11 is 0.